The molecule has 0 aliphatic heterocycles. The molecule has 2 aromatic rings. The SMILES string of the molecule is O=C(O)C=Cc1ccccc1.O=C(O)CCCCC(=O)O.O=C(O)c1ccccc1. The molecule has 0 bridgehead atoms. The molecule has 4 N–H and O–H groups in total. The van der Waals surface area contributed by atoms with Crippen LogP contribution in [0.5, 0.6) is 0 Å². The van der Waals surface area contributed by atoms with Crippen LogP contribution in [0.25, 0.3) is 6.08 Å². The Morgan fingerprint density at radius 3 is 1.43 bits per heavy atom. The van der Waals surface area contributed by atoms with Crippen molar-refractivity contribution in [3.63, 3.8) is 0 Å². The number of unbranched alkanes of at least 4 members (excludes halogenated alkanes) is 1. The third-order valence-corrected chi connectivity index (χ3v) is 3.27. The lowest BCUT2D eigenvalue weighted by Gasteiger charge is -1.92. The number of aliphatic carboxylic acids is 3. The number of hydrogen-bond donors (Lipinski definition) is 4. The van der Waals surface area contributed by atoms with Crippen molar-refractivity contribution in [3.8, 4) is 0 Å². The van der Waals surface area contributed by atoms with Crippen LogP contribution in [-0.4, -0.2) is 44.3 Å². The minimum atomic E-state index is -0.922. The fraction of sp³-hybridized carbons (Fsp3) is 0.182. The van der Waals surface area contributed by atoms with E-state index in [2.05, 4.69) is 0 Å². The number of carboxylic acids is 4. The molecular formula is C22H24O8. The Labute approximate surface area is 173 Å². The molecule has 0 aromatic heterocycles. The molecule has 30 heavy (non-hydrogen) atoms. The summed E-state index contributed by atoms with van der Waals surface area (Å²) < 4.78 is 0. The van der Waals surface area contributed by atoms with E-state index in [0.717, 1.165) is 11.6 Å². The van der Waals surface area contributed by atoms with Gasteiger partial charge in [-0.05, 0) is 36.6 Å². The summed E-state index contributed by atoms with van der Waals surface area (Å²) in [6, 6.07) is 17.6. The van der Waals surface area contributed by atoms with Gasteiger partial charge >= 0.3 is 23.9 Å². The first kappa shape index (κ1) is 26.1. The van der Waals surface area contributed by atoms with Crippen molar-refractivity contribution in [2.75, 3.05) is 0 Å². The average molecular weight is 416 g/mol. The molecule has 2 rings (SSSR count). The van der Waals surface area contributed by atoms with E-state index >= 15 is 0 Å². The summed E-state index contributed by atoms with van der Waals surface area (Å²) in [4.78, 5) is 40.1. The molecule has 0 aliphatic rings. The van der Waals surface area contributed by atoms with Crippen molar-refractivity contribution in [2.24, 2.45) is 0 Å². The highest BCUT2D eigenvalue weighted by atomic mass is 16.4. The maximum atomic E-state index is 10.2. The molecule has 0 saturated heterocycles. The van der Waals surface area contributed by atoms with Crippen LogP contribution in [0.3, 0.4) is 0 Å². The van der Waals surface area contributed by atoms with Gasteiger partial charge < -0.3 is 20.4 Å². The molecule has 8 heteroatoms. The minimum absolute atomic E-state index is 0.0628. The van der Waals surface area contributed by atoms with Crippen molar-refractivity contribution >= 4 is 30.0 Å². The monoisotopic (exact) mass is 416 g/mol. The van der Waals surface area contributed by atoms with Gasteiger partial charge in [0.2, 0.25) is 0 Å². The van der Waals surface area contributed by atoms with Gasteiger partial charge in [0, 0.05) is 18.9 Å². The first-order valence-electron chi connectivity index (χ1n) is 8.90. The molecule has 0 heterocycles. The lowest BCUT2D eigenvalue weighted by atomic mass is 10.2. The first-order valence-corrected chi connectivity index (χ1v) is 8.90. The van der Waals surface area contributed by atoms with E-state index in [9.17, 15) is 19.2 Å². The summed E-state index contributed by atoms with van der Waals surface area (Å²) in [5, 5.41) is 32.9. The molecule has 8 nitrogen and oxygen atoms in total. The van der Waals surface area contributed by atoms with Gasteiger partial charge in [0.05, 0.1) is 5.56 Å². The Balaban J connectivity index is 0.000000423. The van der Waals surface area contributed by atoms with Crippen LogP contribution in [0.4, 0.5) is 0 Å². The van der Waals surface area contributed by atoms with Crippen molar-refractivity contribution in [1.29, 1.82) is 0 Å². The third-order valence-electron chi connectivity index (χ3n) is 3.27. The average Bonchev–Trinajstić information content (AvgIpc) is 2.72. The zero-order chi connectivity index (χ0) is 22.8. The van der Waals surface area contributed by atoms with Crippen LogP contribution < -0.4 is 0 Å². The predicted octanol–water partition coefficient (Wildman–Crippen LogP) is 3.89. The van der Waals surface area contributed by atoms with Crippen molar-refractivity contribution in [2.45, 2.75) is 25.7 Å². The van der Waals surface area contributed by atoms with Crippen molar-refractivity contribution in [1.82, 2.24) is 0 Å². The highest BCUT2D eigenvalue weighted by Crippen LogP contribution is 2.00. The summed E-state index contributed by atoms with van der Waals surface area (Å²) in [5.41, 5.74) is 1.23. The Bertz CT molecular complexity index is 798. The normalized spacial score (nSPS) is 9.47. The fourth-order valence-corrected chi connectivity index (χ4v) is 1.86. The zero-order valence-corrected chi connectivity index (χ0v) is 16.2. The molecular weight excluding hydrogens is 392 g/mol. The van der Waals surface area contributed by atoms with Crippen LogP contribution in [0.2, 0.25) is 0 Å². The smallest absolute Gasteiger partial charge is 0.335 e. The summed E-state index contributed by atoms with van der Waals surface area (Å²) in [5.74, 6) is -3.54. The largest absolute Gasteiger partial charge is 0.481 e. The number of carbonyl (C=O) groups is 4. The van der Waals surface area contributed by atoms with Gasteiger partial charge in [-0.3, -0.25) is 9.59 Å². The maximum absolute atomic E-state index is 10.2. The lowest BCUT2D eigenvalue weighted by Crippen LogP contribution is -1.97. The summed E-state index contributed by atoms with van der Waals surface area (Å²) >= 11 is 0. The second-order valence-electron chi connectivity index (χ2n) is 5.75. The Hall–Kier alpha value is -3.94. The maximum Gasteiger partial charge on any atom is 0.335 e. The molecule has 0 radical (unpaired) electrons. The van der Waals surface area contributed by atoms with Crippen LogP contribution in [0, 0.1) is 0 Å². The van der Waals surface area contributed by atoms with Gasteiger partial charge in [0.25, 0.3) is 0 Å². The third kappa shape index (κ3) is 16.2. The van der Waals surface area contributed by atoms with Crippen LogP contribution in [0.15, 0.2) is 66.7 Å². The van der Waals surface area contributed by atoms with E-state index in [0.29, 0.717) is 18.4 Å². The standard InChI is InChI=1S/C9H8O2.C7H6O2.C6H10O4/c10-9(11)7-6-8-4-2-1-3-5-8;8-7(9)6-4-2-1-3-5-6;7-5(8)3-1-2-4-6(9)10/h1-7H,(H,10,11);1-5H,(H,8,9);1-4H2,(H,7,8)(H,9,10). The Kier molecular flexibility index (Phi) is 13.9. The number of carboxylic acid groups (broad SMARTS) is 4. The number of rotatable bonds is 8. The van der Waals surface area contributed by atoms with E-state index < -0.39 is 23.9 Å². The van der Waals surface area contributed by atoms with Gasteiger partial charge in [-0.1, -0.05) is 48.5 Å². The first-order chi connectivity index (χ1) is 14.2. The van der Waals surface area contributed by atoms with Gasteiger partial charge in [0.1, 0.15) is 0 Å². The van der Waals surface area contributed by atoms with Crippen LogP contribution in [0.1, 0.15) is 41.6 Å². The van der Waals surface area contributed by atoms with E-state index in [-0.39, 0.29) is 12.8 Å². The molecule has 0 aliphatic carbocycles. The molecule has 0 spiro atoms. The van der Waals surface area contributed by atoms with Crippen LogP contribution >= 0.6 is 0 Å². The second kappa shape index (κ2) is 16.1. The lowest BCUT2D eigenvalue weighted by molar-refractivity contribution is -0.139. The number of aromatic carboxylic acids is 1. The highest BCUT2D eigenvalue weighted by molar-refractivity contribution is 5.87. The van der Waals surface area contributed by atoms with Crippen molar-refractivity contribution in [3.05, 3.63) is 77.9 Å². The molecule has 0 fully saturated rings. The van der Waals surface area contributed by atoms with Crippen molar-refractivity contribution < 1.29 is 39.6 Å². The zero-order valence-electron chi connectivity index (χ0n) is 16.2. The Morgan fingerprint density at radius 2 is 1.10 bits per heavy atom. The summed E-state index contributed by atoms with van der Waals surface area (Å²) in [6.07, 6.45) is 3.70. The second-order valence-corrected chi connectivity index (χ2v) is 5.75. The topological polar surface area (TPSA) is 149 Å². The quantitative estimate of drug-likeness (QED) is 0.374. The van der Waals surface area contributed by atoms with Crippen LogP contribution in [-0.2, 0) is 14.4 Å². The Morgan fingerprint density at radius 1 is 0.667 bits per heavy atom. The van der Waals surface area contributed by atoms with Gasteiger partial charge in [-0.25, -0.2) is 9.59 Å². The van der Waals surface area contributed by atoms with Gasteiger partial charge in [-0.15, -0.1) is 0 Å². The molecule has 0 saturated carbocycles. The van der Waals surface area contributed by atoms with E-state index in [1.54, 1.807) is 36.4 Å². The van der Waals surface area contributed by atoms with E-state index in [1.807, 2.05) is 30.3 Å². The number of hydrogen-bond acceptors (Lipinski definition) is 4. The molecule has 2 aromatic carbocycles. The van der Waals surface area contributed by atoms with E-state index in [4.69, 9.17) is 20.4 Å². The fourth-order valence-electron chi connectivity index (χ4n) is 1.86. The summed E-state index contributed by atoms with van der Waals surface area (Å²) in [7, 11) is 0. The predicted molar refractivity (Wildman–Crippen MR) is 110 cm³/mol. The molecule has 0 unspecified atom stereocenters. The van der Waals surface area contributed by atoms with Gasteiger partial charge in [0.15, 0.2) is 0 Å². The minimum Gasteiger partial charge on any atom is -0.481 e. The molecule has 160 valence electrons. The molecule has 0 amide bonds. The van der Waals surface area contributed by atoms with Gasteiger partial charge in [-0.2, -0.15) is 0 Å². The highest BCUT2D eigenvalue weighted by Gasteiger charge is 1.99. The van der Waals surface area contributed by atoms with E-state index in [1.165, 1.54) is 0 Å². The summed E-state index contributed by atoms with van der Waals surface area (Å²) in [6.45, 7) is 0. The molecule has 0 atom stereocenters. The number of benzene rings is 2.